The van der Waals surface area contributed by atoms with Crippen molar-refractivity contribution < 1.29 is 28.6 Å². The van der Waals surface area contributed by atoms with Crippen LogP contribution in [0.25, 0.3) is 0 Å². The lowest BCUT2D eigenvalue weighted by atomic mass is 10.2. The van der Waals surface area contributed by atoms with Gasteiger partial charge in [0.1, 0.15) is 5.60 Å². The monoisotopic (exact) mass is 449 g/mol. The van der Waals surface area contributed by atoms with Crippen LogP contribution in [-0.4, -0.2) is 79.2 Å². The molecule has 2 rings (SSSR count). The molecule has 0 aliphatic carbocycles. The highest BCUT2D eigenvalue weighted by Gasteiger charge is 2.23. The molecule has 9 nitrogen and oxygen atoms in total. The van der Waals surface area contributed by atoms with E-state index in [-0.39, 0.29) is 31.4 Å². The van der Waals surface area contributed by atoms with Crippen LogP contribution in [0, 0.1) is 0 Å². The van der Waals surface area contributed by atoms with Gasteiger partial charge >= 0.3 is 6.09 Å². The van der Waals surface area contributed by atoms with Gasteiger partial charge in [0.2, 0.25) is 5.91 Å². The summed E-state index contributed by atoms with van der Waals surface area (Å²) in [5.41, 5.74) is -0.580. The molecule has 0 unspecified atom stereocenters. The first-order valence-corrected chi connectivity index (χ1v) is 11.1. The summed E-state index contributed by atoms with van der Waals surface area (Å²) in [4.78, 5) is 40.3. The maximum atomic E-state index is 12.6. The number of benzene rings is 1. The second-order valence-corrected chi connectivity index (χ2v) is 8.46. The van der Waals surface area contributed by atoms with Gasteiger partial charge in [-0.15, -0.1) is 0 Å². The molecular formula is C23H35N3O6. The van der Waals surface area contributed by atoms with Crippen molar-refractivity contribution in [2.45, 2.75) is 46.1 Å². The van der Waals surface area contributed by atoms with Crippen molar-refractivity contribution in [2.75, 3.05) is 45.9 Å². The van der Waals surface area contributed by atoms with Crippen LogP contribution >= 0.6 is 0 Å². The number of alkyl carbamates (subject to hydrolysis) is 1. The predicted molar refractivity (Wildman–Crippen MR) is 120 cm³/mol. The number of hydrogen-bond donors (Lipinski definition) is 1. The summed E-state index contributed by atoms with van der Waals surface area (Å²) in [6.45, 7) is 9.90. The predicted octanol–water partition coefficient (Wildman–Crippen LogP) is 2.44. The highest BCUT2D eigenvalue weighted by atomic mass is 16.6. The number of hydrogen-bond acceptors (Lipinski definition) is 6. The van der Waals surface area contributed by atoms with Crippen LogP contribution in [0.1, 0.15) is 40.5 Å². The van der Waals surface area contributed by atoms with Crippen LogP contribution in [0.2, 0.25) is 0 Å². The second kappa shape index (κ2) is 12.2. The lowest BCUT2D eigenvalue weighted by Gasteiger charge is -2.23. The minimum atomic E-state index is -0.580. The Morgan fingerprint density at radius 3 is 2.12 bits per heavy atom. The fourth-order valence-corrected chi connectivity index (χ4v) is 3.23. The van der Waals surface area contributed by atoms with Crippen LogP contribution in [0.5, 0.6) is 11.5 Å². The van der Waals surface area contributed by atoms with E-state index in [4.69, 9.17) is 14.2 Å². The molecule has 32 heavy (non-hydrogen) atoms. The highest BCUT2D eigenvalue weighted by molar-refractivity contribution is 5.79. The number of rotatable bonds is 8. The van der Waals surface area contributed by atoms with Crippen molar-refractivity contribution >= 4 is 17.9 Å². The van der Waals surface area contributed by atoms with E-state index in [0.29, 0.717) is 50.7 Å². The van der Waals surface area contributed by atoms with Crippen molar-refractivity contribution in [1.82, 2.24) is 15.1 Å². The van der Waals surface area contributed by atoms with E-state index < -0.39 is 11.7 Å². The van der Waals surface area contributed by atoms with Gasteiger partial charge in [0.15, 0.2) is 18.1 Å². The second-order valence-electron chi connectivity index (χ2n) is 8.46. The molecule has 0 aromatic heterocycles. The average Bonchev–Trinajstić information content (AvgIpc) is 2.98. The number of ether oxygens (including phenoxy) is 3. The Labute approximate surface area is 190 Å². The zero-order chi connectivity index (χ0) is 23.6. The molecule has 1 heterocycles. The number of nitrogens with one attached hydrogen (secondary N) is 1. The van der Waals surface area contributed by atoms with Gasteiger partial charge in [0.25, 0.3) is 5.91 Å². The minimum Gasteiger partial charge on any atom is -0.490 e. The third-order valence-electron chi connectivity index (χ3n) is 4.71. The molecule has 1 aliphatic rings. The quantitative estimate of drug-likeness (QED) is 0.655. The van der Waals surface area contributed by atoms with Crippen LogP contribution in [-0.2, 0) is 14.3 Å². The van der Waals surface area contributed by atoms with Gasteiger partial charge in [-0.25, -0.2) is 4.79 Å². The van der Waals surface area contributed by atoms with E-state index in [2.05, 4.69) is 5.32 Å². The van der Waals surface area contributed by atoms with Crippen LogP contribution in [0.4, 0.5) is 4.79 Å². The molecule has 1 fully saturated rings. The molecular weight excluding hydrogens is 414 g/mol. The highest BCUT2D eigenvalue weighted by Crippen LogP contribution is 2.26. The first-order valence-electron chi connectivity index (χ1n) is 11.1. The fourth-order valence-electron chi connectivity index (χ4n) is 3.23. The molecule has 0 radical (unpaired) electrons. The lowest BCUT2D eigenvalue weighted by Crippen LogP contribution is -2.40. The van der Waals surface area contributed by atoms with Crippen molar-refractivity contribution in [3.05, 3.63) is 24.3 Å². The van der Waals surface area contributed by atoms with E-state index in [1.807, 2.05) is 19.1 Å². The van der Waals surface area contributed by atoms with E-state index >= 15 is 0 Å². The molecule has 0 atom stereocenters. The summed E-state index contributed by atoms with van der Waals surface area (Å²) >= 11 is 0. The Morgan fingerprint density at radius 1 is 0.938 bits per heavy atom. The molecule has 1 N–H and O–H groups in total. The van der Waals surface area contributed by atoms with Gasteiger partial charge in [-0.3, -0.25) is 9.59 Å². The van der Waals surface area contributed by atoms with Crippen molar-refractivity contribution in [3.63, 3.8) is 0 Å². The Bertz CT molecular complexity index is 777. The van der Waals surface area contributed by atoms with Gasteiger partial charge in [-0.2, -0.15) is 0 Å². The van der Waals surface area contributed by atoms with E-state index in [1.165, 1.54) is 0 Å². The average molecular weight is 450 g/mol. The maximum Gasteiger partial charge on any atom is 0.407 e. The smallest absolute Gasteiger partial charge is 0.407 e. The summed E-state index contributed by atoms with van der Waals surface area (Å²) in [5, 5.41) is 2.60. The molecule has 178 valence electrons. The van der Waals surface area contributed by atoms with E-state index in [0.717, 1.165) is 0 Å². The number of para-hydroxylation sites is 2. The Hall–Kier alpha value is -2.97. The first kappa shape index (κ1) is 25.3. The summed E-state index contributed by atoms with van der Waals surface area (Å²) in [6.07, 6.45) is 0.334. The molecule has 1 saturated heterocycles. The molecule has 3 amide bonds. The largest absolute Gasteiger partial charge is 0.490 e. The van der Waals surface area contributed by atoms with Gasteiger partial charge in [0.05, 0.1) is 6.61 Å². The Morgan fingerprint density at radius 2 is 1.53 bits per heavy atom. The molecule has 9 heteroatoms. The number of amides is 3. The fraction of sp³-hybridized carbons (Fsp3) is 0.609. The van der Waals surface area contributed by atoms with Gasteiger partial charge < -0.3 is 29.3 Å². The summed E-state index contributed by atoms with van der Waals surface area (Å²) in [5.74, 6) is 0.955. The lowest BCUT2D eigenvalue weighted by molar-refractivity contribution is -0.134. The van der Waals surface area contributed by atoms with Gasteiger partial charge in [-0.1, -0.05) is 12.1 Å². The molecule has 1 aromatic rings. The third-order valence-corrected chi connectivity index (χ3v) is 4.71. The molecule has 0 spiro atoms. The summed E-state index contributed by atoms with van der Waals surface area (Å²) < 4.78 is 16.4. The number of carbonyl (C=O) groups is 3. The van der Waals surface area contributed by atoms with E-state index in [9.17, 15) is 14.4 Å². The molecule has 0 bridgehead atoms. The summed E-state index contributed by atoms with van der Waals surface area (Å²) in [7, 11) is 0. The normalized spacial score (nSPS) is 14.4. The SMILES string of the molecule is CCOc1ccccc1OCC(=O)N1CCCN(C(=O)CCNC(=O)OC(C)(C)C)CC1. The van der Waals surface area contributed by atoms with Crippen LogP contribution in [0.3, 0.4) is 0 Å². The first-order chi connectivity index (χ1) is 15.2. The topological polar surface area (TPSA) is 97.4 Å². The standard InChI is InChI=1S/C23H35N3O6/c1-5-30-18-9-6-7-10-19(18)31-17-21(28)26-14-8-13-25(15-16-26)20(27)11-12-24-22(29)32-23(2,3)4/h6-7,9-10H,5,8,11-17H2,1-4H3,(H,24,29). The van der Waals surface area contributed by atoms with E-state index in [1.54, 1.807) is 42.7 Å². The Balaban J connectivity index is 1.75. The van der Waals surface area contributed by atoms with Crippen LogP contribution in [0.15, 0.2) is 24.3 Å². The van der Waals surface area contributed by atoms with Crippen molar-refractivity contribution in [1.29, 1.82) is 0 Å². The molecule has 0 saturated carbocycles. The Kier molecular flexibility index (Phi) is 9.61. The minimum absolute atomic E-state index is 0.0581. The summed E-state index contributed by atoms with van der Waals surface area (Å²) in [6, 6.07) is 7.25. The molecule has 1 aromatic carbocycles. The van der Waals surface area contributed by atoms with Crippen molar-refractivity contribution in [3.8, 4) is 11.5 Å². The number of carbonyl (C=O) groups excluding carboxylic acids is 3. The maximum absolute atomic E-state index is 12.6. The van der Waals surface area contributed by atoms with Crippen LogP contribution < -0.4 is 14.8 Å². The zero-order valence-electron chi connectivity index (χ0n) is 19.5. The number of nitrogens with zero attached hydrogens (tertiary/aromatic N) is 2. The third kappa shape index (κ3) is 8.64. The molecule has 1 aliphatic heterocycles. The van der Waals surface area contributed by atoms with Crippen molar-refractivity contribution in [2.24, 2.45) is 0 Å². The van der Waals surface area contributed by atoms with Gasteiger partial charge in [0, 0.05) is 39.1 Å². The van der Waals surface area contributed by atoms with Gasteiger partial charge in [-0.05, 0) is 46.2 Å². The zero-order valence-corrected chi connectivity index (χ0v) is 19.5.